The van der Waals surface area contributed by atoms with Crippen LogP contribution < -0.4 is 4.90 Å². The lowest BCUT2D eigenvalue weighted by Gasteiger charge is -2.21. The molecule has 1 heterocycles. The van der Waals surface area contributed by atoms with E-state index in [1.165, 1.54) is 18.3 Å². The summed E-state index contributed by atoms with van der Waals surface area (Å²) in [6, 6.07) is 4.62. The van der Waals surface area contributed by atoms with Gasteiger partial charge in [-0.25, -0.2) is 14.8 Å². The first-order chi connectivity index (χ1) is 13.3. The number of benzene rings is 1. The van der Waals surface area contributed by atoms with E-state index in [2.05, 4.69) is 16.9 Å². The third-order valence-corrected chi connectivity index (χ3v) is 4.19. The average Bonchev–Trinajstić information content (AvgIpc) is 2.67. The van der Waals surface area contributed by atoms with Crippen LogP contribution in [0.1, 0.15) is 49.0 Å². The number of aromatic nitrogens is 2. The lowest BCUT2D eigenvalue weighted by atomic mass is 10.1. The van der Waals surface area contributed by atoms with Gasteiger partial charge >= 0.3 is 12.1 Å². The molecule has 0 aliphatic rings. The van der Waals surface area contributed by atoms with Crippen molar-refractivity contribution in [3.63, 3.8) is 0 Å². The summed E-state index contributed by atoms with van der Waals surface area (Å²) in [4.78, 5) is 22.7. The van der Waals surface area contributed by atoms with Crippen molar-refractivity contribution < 1.29 is 22.7 Å². The number of ether oxygens (including phenoxy) is 1. The molecule has 5 nitrogen and oxygen atoms in total. The van der Waals surface area contributed by atoms with Crippen molar-refractivity contribution in [1.82, 2.24) is 9.97 Å². The van der Waals surface area contributed by atoms with Gasteiger partial charge in [0, 0.05) is 25.4 Å². The molecule has 0 saturated heterocycles. The van der Waals surface area contributed by atoms with Gasteiger partial charge in [0.15, 0.2) is 5.82 Å². The first kappa shape index (κ1) is 21.7. The molecular formula is C20H24F3N3O2. The Bertz CT molecular complexity index is 792. The molecule has 8 heteroatoms. The van der Waals surface area contributed by atoms with E-state index in [0.717, 1.165) is 31.4 Å². The number of unbranched alkanes of at least 4 members (excludes halogenated alkanes) is 2. The molecule has 0 radical (unpaired) electrons. The normalized spacial score (nSPS) is 11.4. The van der Waals surface area contributed by atoms with E-state index in [1.54, 1.807) is 6.92 Å². The van der Waals surface area contributed by atoms with Crippen LogP contribution in [-0.4, -0.2) is 36.1 Å². The lowest BCUT2D eigenvalue weighted by molar-refractivity contribution is -0.137. The number of nitrogens with zero attached hydrogens (tertiary/aromatic N) is 3. The predicted octanol–water partition coefficient (Wildman–Crippen LogP) is 4.97. The average molecular weight is 395 g/mol. The number of carbonyl (C=O) groups excluding carboxylic acids is 1. The summed E-state index contributed by atoms with van der Waals surface area (Å²) in [5, 5.41) is 0. The minimum Gasteiger partial charge on any atom is -0.462 e. The first-order valence-corrected chi connectivity index (χ1v) is 9.20. The van der Waals surface area contributed by atoms with Crippen molar-refractivity contribution in [1.29, 1.82) is 0 Å². The molecule has 0 N–H and O–H groups in total. The summed E-state index contributed by atoms with van der Waals surface area (Å²) >= 11 is 0. The van der Waals surface area contributed by atoms with Crippen LogP contribution in [0.5, 0.6) is 0 Å². The second-order valence-corrected chi connectivity index (χ2v) is 6.36. The molecule has 2 rings (SSSR count). The number of carbonyl (C=O) groups is 1. The number of hydrogen-bond acceptors (Lipinski definition) is 5. The van der Waals surface area contributed by atoms with E-state index in [0.29, 0.717) is 17.9 Å². The van der Waals surface area contributed by atoms with Crippen LogP contribution in [0, 0.1) is 0 Å². The van der Waals surface area contributed by atoms with Gasteiger partial charge in [0.25, 0.3) is 0 Å². The van der Waals surface area contributed by atoms with Gasteiger partial charge in [-0.15, -0.1) is 0 Å². The van der Waals surface area contributed by atoms with E-state index in [1.807, 2.05) is 11.9 Å². The van der Waals surface area contributed by atoms with Gasteiger partial charge in [0.05, 0.1) is 12.2 Å². The van der Waals surface area contributed by atoms with Crippen molar-refractivity contribution in [3.05, 3.63) is 41.6 Å². The molecule has 2 aromatic rings. The maximum absolute atomic E-state index is 12.8. The van der Waals surface area contributed by atoms with Crippen LogP contribution in [-0.2, 0) is 10.9 Å². The van der Waals surface area contributed by atoms with E-state index < -0.39 is 17.7 Å². The second kappa shape index (κ2) is 9.52. The highest BCUT2D eigenvalue weighted by molar-refractivity contribution is 5.94. The van der Waals surface area contributed by atoms with Gasteiger partial charge in [0.2, 0.25) is 0 Å². The van der Waals surface area contributed by atoms with Crippen LogP contribution >= 0.6 is 0 Å². The van der Waals surface area contributed by atoms with Crippen molar-refractivity contribution in [2.45, 2.75) is 39.3 Å². The number of anilines is 1. The zero-order valence-electron chi connectivity index (χ0n) is 16.2. The largest absolute Gasteiger partial charge is 0.462 e. The molecule has 0 amide bonds. The number of halogens is 3. The molecule has 0 unspecified atom stereocenters. The summed E-state index contributed by atoms with van der Waals surface area (Å²) in [7, 11) is 1.82. The number of rotatable bonds is 8. The first-order valence-electron chi connectivity index (χ1n) is 9.20. The predicted molar refractivity (Wildman–Crippen MR) is 101 cm³/mol. The van der Waals surface area contributed by atoms with Gasteiger partial charge in [-0.1, -0.05) is 31.9 Å². The Morgan fingerprint density at radius 2 is 1.82 bits per heavy atom. The number of esters is 1. The quantitative estimate of drug-likeness (QED) is 0.467. The van der Waals surface area contributed by atoms with Crippen molar-refractivity contribution >= 4 is 11.8 Å². The number of alkyl halides is 3. The maximum Gasteiger partial charge on any atom is 0.416 e. The van der Waals surface area contributed by atoms with Gasteiger partial charge in [-0.3, -0.25) is 0 Å². The van der Waals surface area contributed by atoms with E-state index >= 15 is 0 Å². The van der Waals surface area contributed by atoms with Crippen LogP contribution in [0.25, 0.3) is 11.4 Å². The van der Waals surface area contributed by atoms with Crippen LogP contribution in [0.15, 0.2) is 30.5 Å². The maximum atomic E-state index is 12.8. The monoisotopic (exact) mass is 395 g/mol. The second-order valence-electron chi connectivity index (χ2n) is 6.36. The molecule has 0 bridgehead atoms. The van der Waals surface area contributed by atoms with Gasteiger partial charge in [0.1, 0.15) is 11.4 Å². The Kier molecular flexibility index (Phi) is 7.37. The standard InChI is InChI=1S/C20H24F3N3O2/c1-4-6-7-12-26(3)18-16(19(27)28-5-2)13-24-17(25-18)14-8-10-15(11-9-14)20(21,22)23/h8-11,13H,4-7,12H2,1-3H3. The molecular weight excluding hydrogens is 371 g/mol. The van der Waals surface area contributed by atoms with Crippen LogP contribution in [0.2, 0.25) is 0 Å². The third-order valence-electron chi connectivity index (χ3n) is 4.19. The molecule has 0 aliphatic heterocycles. The highest BCUT2D eigenvalue weighted by atomic mass is 19.4. The highest BCUT2D eigenvalue weighted by Crippen LogP contribution is 2.31. The van der Waals surface area contributed by atoms with Crippen molar-refractivity contribution in [2.75, 3.05) is 25.1 Å². The topological polar surface area (TPSA) is 55.3 Å². The van der Waals surface area contributed by atoms with Crippen molar-refractivity contribution in [3.8, 4) is 11.4 Å². The summed E-state index contributed by atoms with van der Waals surface area (Å²) < 4.78 is 43.4. The third kappa shape index (κ3) is 5.43. The summed E-state index contributed by atoms with van der Waals surface area (Å²) in [5.74, 6) is 0.123. The van der Waals surface area contributed by atoms with Crippen LogP contribution in [0.4, 0.5) is 19.0 Å². The Hall–Kier alpha value is -2.64. The van der Waals surface area contributed by atoms with E-state index in [4.69, 9.17) is 4.74 Å². The molecule has 0 atom stereocenters. The Labute approximate surface area is 162 Å². The molecule has 0 aliphatic carbocycles. The smallest absolute Gasteiger partial charge is 0.416 e. The fourth-order valence-corrected chi connectivity index (χ4v) is 2.67. The molecule has 152 valence electrons. The Balaban J connectivity index is 2.38. The molecule has 0 saturated carbocycles. The molecule has 0 fully saturated rings. The summed E-state index contributed by atoms with van der Waals surface area (Å²) in [5.41, 5.74) is -0.0700. The van der Waals surface area contributed by atoms with E-state index in [-0.39, 0.29) is 18.0 Å². The van der Waals surface area contributed by atoms with E-state index in [9.17, 15) is 18.0 Å². The summed E-state index contributed by atoms with van der Waals surface area (Å²) in [6.07, 6.45) is -0.0224. The summed E-state index contributed by atoms with van der Waals surface area (Å²) in [6.45, 7) is 4.71. The zero-order valence-corrected chi connectivity index (χ0v) is 16.2. The zero-order chi connectivity index (χ0) is 20.7. The molecule has 1 aromatic heterocycles. The highest BCUT2D eigenvalue weighted by Gasteiger charge is 2.30. The molecule has 1 aromatic carbocycles. The van der Waals surface area contributed by atoms with Gasteiger partial charge < -0.3 is 9.64 Å². The fraction of sp³-hybridized carbons (Fsp3) is 0.450. The van der Waals surface area contributed by atoms with Gasteiger partial charge in [-0.2, -0.15) is 13.2 Å². The SMILES string of the molecule is CCCCCN(C)c1nc(-c2ccc(C(F)(F)F)cc2)ncc1C(=O)OCC. The van der Waals surface area contributed by atoms with Crippen molar-refractivity contribution in [2.24, 2.45) is 0 Å². The Morgan fingerprint density at radius 1 is 1.14 bits per heavy atom. The minimum absolute atomic E-state index is 0.221. The minimum atomic E-state index is -4.40. The molecule has 28 heavy (non-hydrogen) atoms. The fourth-order valence-electron chi connectivity index (χ4n) is 2.67. The molecule has 0 spiro atoms. The van der Waals surface area contributed by atoms with Gasteiger partial charge in [-0.05, 0) is 25.5 Å². The Morgan fingerprint density at radius 3 is 2.39 bits per heavy atom. The number of hydrogen-bond donors (Lipinski definition) is 0. The van der Waals surface area contributed by atoms with Crippen LogP contribution in [0.3, 0.4) is 0 Å². The lowest BCUT2D eigenvalue weighted by Crippen LogP contribution is -2.24.